The number of benzene rings is 1. The molecule has 1 aromatic rings. The lowest BCUT2D eigenvalue weighted by atomic mass is 10.1. The Balaban J connectivity index is 1.71. The fourth-order valence-electron chi connectivity index (χ4n) is 3.39. The molecule has 0 aliphatic heterocycles. The molecule has 2 aliphatic carbocycles. The lowest BCUT2D eigenvalue weighted by Gasteiger charge is -2.18. The van der Waals surface area contributed by atoms with Crippen LogP contribution in [0.5, 0.6) is 0 Å². The van der Waals surface area contributed by atoms with Crippen LogP contribution in [0.25, 0.3) is 0 Å². The minimum atomic E-state index is 0.262. The van der Waals surface area contributed by atoms with Crippen LogP contribution in [0, 0.1) is 17.8 Å². The molecule has 2 atom stereocenters. The summed E-state index contributed by atoms with van der Waals surface area (Å²) in [5.74, 6) is 1.85. The summed E-state index contributed by atoms with van der Waals surface area (Å²) in [6.45, 7) is 0. The first kappa shape index (κ1) is 12.6. The molecule has 0 spiro atoms. The monoisotopic (exact) mass is 274 g/mol. The first-order valence-electron chi connectivity index (χ1n) is 6.77. The van der Waals surface area contributed by atoms with Crippen LogP contribution in [-0.2, 0) is 4.79 Å². The molecule has 2 aliphatic rings. The third-order valence-electron chi connectivity index (χ3n) is 4.56. The van der Waals surface area contributed by atoms with Gasteiger partial charge >= 0.3 is 0 Å². The molecule has 2 N–H and O–H groups in total. The molecule has 0 radical (unpaired) electrons. The smallest absolute Gasteiger partial charge is 0.230 e. The van der Waals surface area contributed by atoms with Gasteiger partial charge in [0.2, 0.25) is 5.91 Å². The third kappa shape index (κ3) is 2.14. The average Bonchev–Trinajstić information content (AvgIpc) is 2.89. The molecule has 0 heterocycles. The molecule has 1 aromatic carbocycles. The largest absolute Gasteiger partial charge is 0.389 e. The highest BCUT2D eigenvalue weighted by molar-refractivity contribution is 7.80. The Morgan fingerprint density at radius 2 is 1.84 bits per heavy atom. The highest BCUT2D eigenvalue weighted by atomic mass is 32.1. The van der Waals surface area contributed by atoms with Gasteiger partial charge in [-0.25, -0.2) is 0 Å². The molecule has 1 amide bonds. The standard InChI is InChI=1S/C15H18N2OS/c1-17(10-7-5-9(6-8-10)14(16)19)15(18)13-11-3-2-4-12(11)13/h5-8,11-13H,2-4H2,1H3,(H2,16,19). The normalized spacial score (nSPS) is 27.7. The van der Waals surface area contributed by atoms with Crippen LogP contribution in [0.1, 0.15) is 24.8 Å². The van der Waals surface area contributed by atoms with Gasteiger partial charge < -0.3 is 10.6 Å². The van der Waals surface area contributed by atoms with E-state index < -0.39 is 0 Å². The minimum absolute atomic E-state index is 0.262. The van der Waals surface area contributed by atoms with E-state index >= 15 is 0 Å². The number of fused-ring (bicyclic) bond motifs is 1. The van der Waals surface area contributed by atoms with Crippen molar-refractivity contribution in [1.82, 2.24) is 0 Å². The first-order valence-corrected chi connectivity index (χ1v) is 7.18. The van der Waals surface area contributed by atoms with Crippen LogP contribution in [0.2, 0.25) is 0 Å². The molecule has 2 unspecified atom stereocenters. The van der Waals surface area contributed by atoms with Crippen molar-refractivity contribution in [1.29, 1.82) is 0 Å². The summed E-state index contributed by atoms with van der Waals surface area (Å²) in [7, 11) is 1.85. The van der Waals surface area contributed by atoms with Crippen molar-refractivity contribution in [2.24, 2.45) is 23.5 Å². The second-order valence-corrected chi connectivity index (χ2v) is 6.03. The summed E-state index contributed by atoms with van der Waals surface area (Å²) >= 11 is 4.93. The molecular weight excluding hydrogens is 256 g/mol. The number of amides is 1. The van der Waals surface area contributed by atoms with Crippen molar-refractivity contribution in [3.63, 3.8) is 0 Å². The molecule has 0 saturated heterocycles. The van der Waals surface area contributed by atoms with E-state index in [9.17, 15) is 4.79 Å². The van der Waals surface area contributed by atoms with Gasteiger partial charge in [0.15, 0.2) is 0 Å². The molecule has 100 valence electrons. The summed E-state index contributed by atoms with van der Waals surface area (Å²) < 4.78 is 0. The average molecular weight is 274 g/mol. The second kappa shape index (κ2) is 4.60. The van der Waals surface area contributed by atoms with Crippen molar-refractivity contribution in [3.05, 3.63) is 29.8 Å². The lowest BCUT2D eigenvalue weighted by Crippen LogP contribution is -2.29. The SMILES string of the molecule is CN(C(=O)C1C2CCCC21)c1ccc(C(N)=S)cc1. The van der Waals surface area contributed by atoms with Crippen molar-refractivity contribution in [3.8, 4) is 0 Å². The fraction of sp³-hybridized carbons (Fsp3) is 0.467. The molecule has 2 saturated carbocycles. The van der Waals surface area contributed by atoms with Gasteiger partial charge in [-0.3, -0.25) is 4.79 Å². The summed E-state index contributed by atoms with van der Waals surface area (Å²) in [6.07, 6.45) is 3.76. The highest BCUT2D eigenvalue weighted by Crippen LogP contribution is 2.58. The zero-order chi connectivity index (χ0) is 13.6. The number of anilines is 1. The number of nitrogens with two attached hydrogens (primary N) is 1. The summed E-state index contributed by atoms with van der Waals surface area (Å²) in [5.41, 5.74) is 7.32. The molecule has 0 bridgehead atoms. The van der Waals surface area contributed by atoms with Crippen molar-refractivity contribution in [2.75, 3.05) is 11.9 Å². The maximum atomic E-state index is 12.4. The highest BCUT2D eigenvalue weighted by Gasteiger charge is 2.57. The molecule has 0 aromatic heterocycles. The van der Waals surface area contributed by atoms with Crippen molar-refractivity contribution >= 4 is 28.8 Å². The Labute approximate surface area is 118 Å². The molecule has 3 rings (SSSR count). The van der Waals surface area contributed by atoms with Gasteiger partial charge in [-0.05, 0) is 48.9 Å². The Bertz CT molecular complexity index is 515. The van der Waals surface area contributed by atoms with Crippen LogP contribution in [0.3, 0.4) is 0 Å². The van der Waals surface area contributed by atoms with E-state index in [4.69, 9.17) is 18.0 Å². The van der Waals surface area contributed by atoms with Crippen molar-refractivity contribution in [2.45, 2.75) is 19.3 Å². The summed E-state index contributed by atoms with van der Waals surface area (Å²) in [5, 5.41) is 0. The van der Waals surface area contributed by atoms with E-state index in [1.165, 1.54) is 19.3 Å². The van der Waals surface area contributed by atoms with Crippen LogP contribution < -0.4 is 10.6 Å². The van der Waals surface area contributed by atoms with Crippen LogP contribution >= 0.6 is 12.2 Å². The number of thiocarbonyl (C=S) groups is 1. The number of hydrogen-bond donors (Lipinski definition) is 1. The number of carbonyl (C=O) groups excluding carboxylic acids is 1. The van der Waals surface area contributed by atoms with Crippen LogP contribution in [-0.4, -0.2) is 17.9 Å². The Kier molecular flexibility index (Phi) is 3.05. The predicted octanol–water partition coefficient (Wildman–Crippen LogP) is 2.33. The minimum Gasteiger partial charge on any atom is -0.389 e. The van der Waals surface area contributed by atoms with Gasteiger partial charge in [0.05, 0.1) is 0 Å². The zero-order valence-corrected chi connectivity index (χ0v) is 11.8. The van der Waals surface area contributed by atoms with Gasteiger partial charge in [-0.15, -0.1) is 0 Å². The van der Waals surface area contributed by atoms with Crippen LogP contribution in [0.4, 0.5) is 5.69 Å². The lowest BCUT2D eigenvalue weighted by molar-refractivity contribution is -0.120. The summed E-state index contributed by atoms with van der Waals surface area (Å²) in [4.78, 5) is 14.6. The Morgan fingerprint density at radius 1 is 1.26 bits per heavy atom. The maximum absolute atomic E-state index is 12.4. The summed E-state index contributed by atoms with van der Waals surface area (Å²) in [6, 6.07) is 7.56. The zero-order valence-electron chi connectivity index (χ0n) is 11.0. The molecular formula is C15H18N2OS. The second-order valence-electron chi connectivity index (χ2n) is 5.59. The molecule has 4 heteroatoms. The van der Waals surface area contributed by atoms with Gasteiger partial charge in [0, 0.05) is 24.2 Å². The van der Waals surface area contributed by atoms with Crippen molar-refractivity contribution < 1.29 is 4.79 Å². The van der Waals surface area contributed by atoms with E-state index in [1.807, 2.05) is 31.3 Å². The van der Waals surface area contributed by atoms with E-state index in [0.717, 1.165) is 11.3 Å². The predicted molar refractivity (Wildman–Crippen MR) is 80.1 cm³/mol. The van der Waals surface area contributed by atoms with Gasteiger partial charge in [0.1, 0.15) is 4.99 Å². The Hall–Kier alpha value is -1.42. The fourth-order valence-corrected chi connectivity index (χ4v) is 3.52. The molecule has 2 fully saturated rings. The van der Waals surface area contributed by atoms with Crippen LogP contribution in [0.15, 0.2) is 24.3 Å². The van der Waals surface area contributed by atoms with E-state index in [0.29, 0.717) is 16.8 Å². The van der Waals surface area contributed by atoms with Gasteiger partial charge in [0.25, 0.3) is 0 Å². The Morgan fingerprint density at radius 3 is 2.37 bits per heavy atom. The number of hydrogen-bond acceptors (Lipinski definition) is 2. The first-order chi connectivity index (χ1) is 9.09. The van der Waals surface area contributed by atoms with E-state index in [-0.39, 0.29) is 11.8 Å². The molecule has 19 heavy (non-hydrogen) atoms. The maximum Gasteiger partial charge on any atom is 0.230 e. The quantitative estimate of drug-likeness (QED) is 0.861. The number of nitrogens with zero attached hydrogens (tertiary/aromatic N) is 1. The van der Waals surface area contributed by atoms with E-state index in [1.54, 1.807) is 4.90 Å². The third-order valence-corrected chi connectivity index (χ3v) is 4.80. The number of carbonyl (C=O) groups is 1. The van der Waals surface area contributed by atoms with E-state index in [2.05, 4.69) is 0 Å². The van der Waals surface area contributed by atoms with Gasteiger partial charge in [-0.1, -0.05) is 18.6 Å². The van der Waals surface area contributed by atoms with Gasteiger partial charge in [-0.2, -0.15) is 0 Å². The number of rotatable bonds is 3. The topological polar surface area (TPSA) is 46.3 Å². The molecule has 3 nitrogen and oxygen atoms in total.